The molecule has 0 aliphatic carbocycles. The van der Waals surface area contributed by atoms with E-state index in [4.69, 9.17) is 16.0 Å². The Labute approximate surface area is 160 Å². The number of nitrogens with zero attached hydrogens (tertiary/aromatic N) is 2. The van der Waals surface area contributed by atoms with Crippen LogP contribution in [0, 0.1) is 17.9 Å². The van der Waals surface area contributed by atoms with E-state index in [0.717, 1.165) is 0 Å². The standard InChI is InChI=1S/C22H14N2O4/c1-24-20(22(26)28-3)19-15-10-6-4-8-13(15)18(17(12-23)21(25)27-2)14-9-5-7-11-16(14)19/h4-11H,2-3H3. The van der Waals surface area contributed by atoms with Crippen molar-refractivity contribution in [2.75, 3.05) is 14.2 Å². The van der Waals surface area contributed by atoms with Gasteiger partial charge >= 0.3 is 11.9 Å². The highest BCUT2D eigenvalue weighted by Gasteiger charge is 2.19. The minimum Gasteiger partial charge on any atom is -0.474 e. The molecule has 136 valence electrons. The summed E-state index contributed by atoms with van der Waals surface area (Å²) in [6, 6.07) is 15.9. The molecule has 0 saturated heterocycles. The molecule has 0 aliphatic rings. The molecule has 6 nitrogen and oxygen atoms in total. The van der Waals surface area contributed by atoms with Gasteiger partial charge in [-0.2, -0.15) is 5.26 Å². The van der Waals surface area contributed by atoms with Gasteiger partial charge in [0.15, 0.2) is 0 Å². The summed E-state index contributed by atoms with van der Waals surface area (Å²) in [7, 11) is 2.42. The minimum absolute atomic E-state index is 0.149. The number of carbonyl (C=O) groups is 2. The molecule has 0 aliphatic heterocycles. The van der Waals surface area contributed by atoms with E-state index in [1.165, 1.54) is 14.2 Å². The number of fused-ring (bicyclic) bond motifs is 2. The average molecular weight is 370 g/mol. The normalized spacial score (nSPS) is 10.0. The van der Waals surface area contributed by atoms with Crippen LogP contribution in [-0.4, -0.2) is 26.2 Å². The molecule has 3 aromatic rings. The minimum atomic E-state index is -0.757. The van der Waals surface area contributed by atoms with Crippen LogP contribution in [0.5, 0.6) is 0 Å². The predicted octanol–water partition coefficient (Wildman–Crippen LogP) is 2.04. The zero-order chi connectivity index (χ0) is 20.3. The van der Waals surface area contributed by atoms with Gasteiger partial charge in [0, 0.05) is 10.4 Å². The van der Waals surface area contributed by atoms with Crippen molar-refractivity contribution in [3.63, 3.8) is 0 Å². The second-order valence-corrected chi connectivity index (χ2v) is 5.77. The quantitative estimate of drug-likeness (QED) is 0.392. The maximum atomic E-state index is 12.3. The molecule has 0 saturated carbocycles. The number of hydrogen-bond acceptors (Lipinski definition) is 5. The third kappa shape index (κ3) is 2.84. The number of nitriles is 1. The number of rotatable bonds is 2. The van der Waals surface area contributed by atoms with Crippen molar-refractivity contribution >= 4 is 44.8 Å². The van der Waals surface area contributed by atoms with Crippen LogP contribution in [0.25, 0.3) is 37.7 Å². The summed E-state index contributed by atoms with van der Waals surface area (Å²) < 4.78 is 9.57. The van der Waals surface area contributed by atoms with Crippen molar-refractivity contribution in [1.82, 2.24) is 0 Å². The molecule has 0 atom stereocenters. The zero-order valence-corrected chi connectivity index (χ0v) is 15.1. The highest BCUT2D eigenvalue weighted by Crippen LogP contribution is 2.17. The van der Waals surface area contributed by atoms with E-state index in [1.54, 1.807) is 48.5 Å². The molecule has 0 radical (unpaired) electrons. The molecule has 0 heterocycles. The summed E-state index contributed by atoms with van der Waals surface area (Å²) in [5.74, 6) is -1.51. The van der Waals surface area contributed by atoms with Crippen LogP contribution in [0.4, 0.5) is 0 Å². The maximum absolute atomic E-state index is 12.3. The van der Waals surface area contributed by atoms with Crippen LogP contribution in [0.3, 0.4) is 0 Å². The molecule has 0 bridgehead atoms. The lowest BCUT2D eigenvalue weighted by atomic mass is 9.94. The summed E-state index contributed by atoms with van der Waals surface area (Å²) in [5, 5.41) is 12.7. The fraction of sp³-hybridized carbons (Fsp3) is 0.0909. The Balaban J connectivity index is 2.85. The van der Waals surface area contributed by atoms with Crippen molar-refractivity contribution in [1.29, 1.82) is 5.26 Å². The summed E-state index contributed by atoms with van der Waals surface area (Å²) in [4.78, 5) is 27.9. The number of carbonyl (C=O) groups excluding carboxylic acids is 2. The highest BCUT2D eigenvalue weighted by atomic mass is 16.5. The lowest BCUT2D eigenvalue weighted by Gasteiger charge is -2.10. The van der Waals surface area contributed by atoms with Crippen LogP contribution < -0.4 is 10.4 Å². The molecule has 0 aromatic heterocycles. The Morgan fingerprint density at radius 1 is 0.857 bits per heavy atom. The van der Waals surface area contributed by atoms with Crippen molar-refractivity contribution in [2.24, 2.45) is 0 Å². The monoisotopic (exact) mass is 370 g/mol. The molecule has 6 heteroatoms. The van der Waals surface area contributed by atoms with Crippen molar-refractivity contribution in [3.8, 4) is 6.07 Å². The van der Waals surface area contributed by atoms with Gasteiger partial charge in [-0.25, -0.2) is 9.64 Å². The van der Waals surface area contributed by atoms with Gasteiger partial charge in [-0.15, -0.1) is 0 Å². The van der Waals surface area contributed by atoms with Crippen molar-refractivity contribution in [2.45, 2.75) is 0 Å². The van der Waals surface area contributed by atoms with Gasteiger partial charge in [0.25, 0.3) is 5.70 Å². The second-order valence-electron chi connectivity index (χ2n) is 5.77. The Bertz CT molecular complexity index is 1170. The van der Waals surface area contributed by atoms with Gasteiger partial charge in [-0.3, -0.25) is 4.79 Å². The SMILES string of the molecule is [C-]#[N+]C(C(=O)OC)=c1c2ccccc2c(=C(C#N)C(=O)OC)c2ccccc12. The van der Waals surface area contributed by atoms with E-state index in [2.05, 4.69) is 4.85 Å². The van der Waals surface area contributed by atoms with Crippen molar-refractivity contribution in [3.05, 3.63) is 70.4 Å². The predicted molar refractivity (Wildman–Crippen MR) is 104 cm³/mol. The van der Waals surface area contributed by atoms with Crippen LogP contribution in [-0.2, 0) is 19.1 Å². The fourth-order valence-corrected chi connectivity index (χ4v) is 3.26. The van der Waals surface area contributed by atoms with Crippen molar-refractivity contribution < 1.29 is 19.1 Å². The Kier molecular flexibility index (Phi) is 5.06. The van der Waals surface area contributed by atoms with Crippen LogP contribution in [0.2, 0.25) is 0 Å². The van der Waals surface area contributed by atoms with Crippen LogP contribution in [0.15, 0.2) is 48.5 Å². The Morgan fingerprint density at radius 3 is 1.64 bits per heavy atom. The first kappa shape index (κ1) is 18.6. The van der Waals surface area contributed by atoms with Crippen LogP contribution >= 0.6 is 0 Å². The van der Waals surface area contributed by atoms with Gasteiger partial charge in [0.1, 0.15) is 11.6 Å². The lowest BCUT2D eigenvalue weighted by Crippen LogP contribution is -2.23. The van der Waals surface area contributed by atoms with Gasteiger partial charge in [-0.05, 0) is 21.5 Å². The third-order valence-electron chi connectivity index (χ3n) is 4.41. The number of methoxy groups -OCH3 is 2. The summed E-state index contributed by atoms with van der Waals surface area (Å²) >= 11 is 0. The average Bonchev–Trinajstić information content (AvgIpc) is 2.75. The number of esters is 2. The van der Waals surface area contributed by atoms with E-state index >= 15 is 0 Å². The van der Waals surface area contributed by atoms with Gasteiger partial charge in [0.2, 0.25) is 0 Å². The Hall–Kier alpha value is -4.16. The molecular formula is C22H14N2O4. The summed E-state index contributed by atoms with van der Waals surface area (Å²) in [5.41, 5.74) is -0.318. The zero-order valence-electron chi connectivity index (χ0n) is 15.1. The number of benzene rings is 3. The van der Waals surface area contributed by atoms with E-state index in [1.807, 2.05) is 6.07 Å². The Morgan fingerprint density at radius 2 is 1.29 bits per heavy atom. The first-order chi connectivity index (χ1) is 13.6. The fourth-order valence-electron chi connectivity index (χ4n) is 3.26. The van der Waals surface area contributed by atoms with Gasteiger partial charge < -0.3 is 9.47 Å². The molecule has 3 rings (SSSR count). The molecule has 0 fully saturated rings. The number of ether oxygens (including phenoxy) is 2. The molecule has 0 spiro atoms. The first-order valence-corrected chi connectivity index (χ1v) is 8.21. The topological polar surface area (TPSA) is 80.8 Å². The van der Waals surface area contributed by atoms with E-state index in [0.29, 0.717) is 32.0 Å². The van der Waals surface area contributed by atoms with Crippen LogP contribution in [0.1, 0.15) is 0 Å². The summed E-state index contributed by atoms with van der Waals surface area (Å²) in [6.07, 6.45) is 0. The molecule has 3 aromatic carbocycles. The summed E-state index contributed by atoms with van der Waals surface area (Å²) in [6.45, 7) is 7.51. The molecule has 0 unspecified atom stereocenters. The highest BCUT2D eigenvalue weighted by molar-refractivity contribution is 6.21. The van der Waals surface area contributed by atoms with Gasteiger partial charge in [0.05, 0.1) is 20.8 Å². The lowest BCUT2D eigenvalue weighted by molar-refractivity contribution is -0.134. The molecule has 28 heavy (non-hydrogen) atoms. The largest absolute Gasteiger partial charge is 0.474 e. The van der Waals surface area contributed by atoms with E-state index in [-0.39, 0.29) is 11.3 Å². The van der Waals surface area contributed by atoms with E-state index in [9.17, 15) is 14.9 Å². The maximum Gasteiger partial charge on any atom is 0.349 e. The van der Waals surface area contributed by atoms with E-state index < -0.39 is 11.9 Å². The molecular weight excluding hydrogens is 356 g/mol. The van der Waals surface area contributed by atoms with Gasteiger partial charge in [-0.1, -0.05) is 48.5 Å². The molecule has 0 N–H and O–H groups in total. The first-order valence-electron chi connectivity index (χ1n) is 8.21. The third-order valence-corrected chi connectivity index (χ3v) is 4.41. The number of hydrogen-bond donors (Lipinski definition) is 0. The smallest absolute Gasteiger partial charge is 0.349 e. The second kappa shape index (κ2) is 7.61. The molecule has 0 amide bonds.